The fraction of sp³-hybridized carbons (Fsp3) is 0.545. The molecule has 1 aliphatic rings. The van der Waals surface area contributed by atoms with Gasteiger partial charge in [-0.1, -0.05) is 23.2 Å². The summed E-state index contributed by atoms with van der Waals surface area (Å²) in [5.41, 5.74) is 0.407. The van der Waals surface area contributed by atoms with Crippen LogP contribution >= 0.6 is 23.2 Å². The summed E-state index contributed by atoms with van der Waals surface area (Å²) in [6.07, 6.45) is 2.19. The third-order valence-corrected chi connectivity index (χ3v) is 3.66. The van der Waals surface area contributed by atoms with Gasteiger partial charge in [0.15, 0.2) is 0 Å². The van der Waals surface area contributed by atoms with Crippen LogP contribution in [0.25, 0.3) is 0 Å². The first-order chi connectivity index (χ1) is 8.16. The highest BCUT2D eigenvalue weighted by Gasteiger charge is 2.15. The fourth-order valence-electron chi connectivity index (χ4n) is 1.97. The number of hydrogen-bond acceptors (Lipinski definition) is 2. The lowest BCUT2D eigenvalue weighted by Crippen LogP contribution is -2.26. The van der Waals surface area contributed by atoms with Crippen LogP contribution in [0.1, 0.15) is 23.3 Å². The third kappa shape index (κ3) is 3.37. The number of halogens is 2. The van der Waals surface area contributed by atoms with E-state index in [0.717, 1.165) is 19.5 Å². The fourth-order valence-corrected chi connectivity index (χ4v) is 2.29. The molecule has 4 nitrogen and oxygen atoms in total. The van der Waals surface area contributed by atoms with Gasteiger partial charge in [0.05, 0.1) is 5.02 Å². The largest absolute Gasteiger partial charge is 0.351 e. The standard InChI is InChI=1S/C11H15Cl2N3O/c12-8-5-9(16-10(8)13)11(17)15-4-2-7-1-3-14-6-7/h5,7,14,16H,1-4,6H2,(H,15,17). The number of aromatic amines is 1. The van der Waals surface area contributed by atoms with Gasteiger partial charge < -0.3 is 15.6 Å². The molecule has 0 aromatic carbocycles. The van der Waals surface area contributed by atoms with Crippen molar-refractivity contribution in [2.24, 2.45) is 5.92 Å². The van der Waals surface area contributed by atoms with Crippen LogP contribution in [0.15, 0.2) is 6.07 Å². The summed E-state index contributed by atoms with van der Waals surface area (Å²) in [7, 11) is 0. The van der Waals surface area contributed by atoms with Crippen LogP contribution in [0.5, 0.6) is 0 Å². The quantitative estimate of drug-likeness (QED) is 0.788. The van der Waals surface area contributed by atoms with Gasteiger partial charge in [0, 0.05) is 6.54 Å². The van der Waals surface area contributed by atoms with Crippen molar-refractivity contribution < 1.29 is 4.79 Å². The summed E-state index contributed by atoms with van der Waals surface area (Å²) >= 11 is 11.5. The van der Waals surface area contributed by atoms with Gasteiger partial charge >= 0.3 is 0 Å². The molecule has 1 amide bonds. The van der Waals surface area contributed by atoms with Gasteiger partial charge in [0.1, 0.15) is 10.8 Å². The molecule has 2 heterocycles. The predicted octanol–water partition coefficient (Wildman–Crippen LogP) is 2.05. The van der Waals surface area contributed by atoms with Crippen molar-refractivity contribution in [1.82, 2.24) is 15.6 Å². The lowest BCUT2D eigenvalue weighted by Gasteiger charge is -2.08. The molecule has 1 aromatic heterocycles. The Kier molecular flexibility index (Phi) is 4.31. The zero-order chi connectivity index (χ0) is 12.3. The summed E-state index contributed by atoms with van der Waals surface area (Å²) in [5.74, 6) is 0.510. The molecule has 6 heteroatoms. The number of amides is 1. The van der Waals surface area contributed by atoms with Crippen molar-refractivity contribution in [3.8, 4) is 0 Å². The van der Waals surface area contributed by atoms with Crippen molar-refractivity contribution in [3.63, 3.8) is 0 Å². The van der Waals surface area contributed by atoms with Gasteiger partial charge in [-0.3, -0.25) is 4.79 Å². The average Bonchev–Trinajstić information content (AvgIpc) is 2.90. The van der Waals surface area contributed by atoms with E-state index in [2.05, 4.69) is 15.6 Å². The molecule has 94 valence electrons. The third-order valence-electron chi connectivity index (χ3n) is 2.97. The summed E-state index contributed by atoms with van der Waals surface area (Å²) in [4.78, 5) is 14.4. The van der Waals surface area contributed by atoms with Crippen molar-refractivity contribution in [1.29, 1.82) is 0 Å². The Labute approximate surface area is 110 Å². The second-order valence-corrected chi connectivity index (χ2v) is 5.03. The van der Waals surface area contributed by atoms with E-state index >= 15 is 0 Å². The Hall–Kier alpha value is -0.710. The number of aromatic nitrogens is 1. The topological polar surface area (TPSA) is 56.9 Å². The Bertz CT molecular complexity index is 380. The summed E-state index contributed by atoms with van der Waals surface area (Å²) < 4.78 is 0. The molecule has 1 aliphatic heterocycles. The maximum atomic E-state index is 11.7. The van der Waals surface area contributed by atoms with Crippen molar-refractivity contribution in [2.75, 3.05) is 19.6 Å². The van der Waals surface area contributed by atoms with Gasteiger partial charge in [-0.15, -0.1) is 0 Å². The monoisotopic (exact) mass is 275 g/mol. The zero-order valence-corrected chi connectivity index (χ0v) is 10.9. The van der Waals surface area contributed by atoms with Gasteiger partial charge in [0.2, 0.25) is 0 Å². The van der Waals surface area contributed by atoms with E-state index in [9.17, 15) is 4.79 Å². The van der Waals surface area contributed by atoms with Crippen LogP contribution in [-0.2, 0) is 0 Å². The smallest absolute Gasteiger partial charge is 0.267 e. The van der Waals surface area contributed by atoms with Crippen LogP contribution in [0.2, 0.25) is 10.2 Å². The molecular formula is C11H15Cl2N3O. The van der Waals surface area contributed by atoms with E-state index in [4.69, 9.17) is 23.2 Å². The minimum absolute atomic E-state index is 0.162. The minimum atomic E-state index is -0.162. The van der Waals surface area contributed by atoms with Gasteiger partial charge in [0.25, 0.3) is 5.91 Å². The van der Waals surface area contributed by atoms with Crippen LogP contribution in [-0.4, -0.2) is 30.5 Å². The Balaban J connectivity index is 1.76. The summed E-state index contributed by atoms with van der Waals surface area (Å²) in [6, 6.07) is 1.54. The Morgan fingerprint density at radius 1 is 1.53 bits per heavy atom. The number of H-pyrrole nitrogens is 1. The first-order valence-corrected chi connectivity index (χ1v) is 6.45. The maximum Gasteiger partial charge on any atom is 0.267 e. The molecule has 17 heavy (non-hydrogen) atoms. The number of carbonyl (C=O) groups excluding carboxylic acids is 1. The SMILES string of the molecule is O=C(NCCC1CCNC1)c1cc(Cl)c(Cl)[nH]1. The molecule has 0 bridgehead atoms. The molecule has 1 saturated heterocycles. The molecule has 0 saturated carbocycles. The van der Waals surface area contributed by atoms with Gasteiger partial charge in [-0.25, -0.2) is 0 Å². The molecule has 3 N–H and O–H groups in total. The van der Waals surface area contributed by atoms with Crippen LogP contribution in [0.4, 0.5) is 0 Å². The highest BCUT2D eigenvalue weighted by molar-refractivity contribution is 6.41. The molecule has 2 rings (SSSR count). The van der Waals surface area contributed by atoms with E-state index in [1.807, 2.05) is 0 Å². The number of nitrogens with one attached hydrogen (secondary N) is 3. The molecule has 0 spiro atoms. The van der Waals surface area contributed by atoms with E-state index in [-0.39, 0.29) is 5.91 Å². The lowest BCUT2D eigenvalue weighted by molar-refractivity contribution is 0.0947. The highest BCUT2D eigenvalue weighted by Crippen LogP contribution is 2.21. The maximum absolute atomic E-state index is 11.7. The summed E-state index contributed by atoms with van der Waals surface area (Å²) in [6.45, 7) is 2.82. The van der Waals surface area contributed by atoms with Crippen molar-refractivity contribution in [2.45, 2.75) is 12.8 Å². The minimum Gasteiger partial charge on any atom is -0.351 e. The molecule has 1 atom stereocenters. The molecule has 1 fully saturated rings. The lowest BCUT2D eigenvalue weighted by atomic mass is 10.1. The van der Waals surface area contributed by atoms with Crippen molar-refractivity contribution in [3.05, 3.63) is 21.9 Å². The van der Waals surface area contributed by atoms with Crippen LogP contribution < -0.4 is 10.6 Å². The Morgan fingerprint density at radius 2 is 2.35 bits per heavy atom. The number of hydrogen-bond donors (Lipinski definition) is 3. The number of rotatable bonds is 4. The first-order valence-electron chi connectivity index (χ1n) is 5.69. The Morgan fingerprint density at radius 3 is 2.94 bits per heavy atom. The molecular weight excluding hydrogens is 261 g/mol. The zero-order valence-electron chi connectivity index (χ0n) is 9.35. The second-order valence-electron chi connectivity index (χ2n) is 4.25. The molecule has 0 aliphatic carbocycles. The van der Waals surface area contributed by atoms with E-state index in [1.54, 1.807) is 0 Å². The van der Waals surface area contributed by atoms with Gasteiger partial charge in [-0.05, 0) is 37.9 Å². The van der Waals surface area contributed by atoms with Gasteiger partial charge in [-0.2, -0.15) is 0 Å². The van der Waals surface area contributed by atoms with Crippen LogP contribution in [0.3, 0.4) is 0 Å². The van der Waals surface area contributed by atoms with Crippen molar-refractivity contribution >= 4 is 29.1 Å². The summed E-state index contributed by atoms with van der Waals surface area (Å²) in [5, 5.41) is 6.82. The molecule has 0 radical (unpaired) electrons. The molecule has 1 aromatic rings. The van der Waals surface area contributed by atoms with E-state index in [0.29, 0.717) is 28.3 Å². The second kappa shape index (κ2) is 5.76. The first kappa shape index (κ1) is 12.7. The highest BCUT2D eigenvalue weighted by atomic mass is 35.5. The van der Waals surface area contributed by atoms with Crippen LogP contribution in [0, 0.1) is 5.92 Å². The number of carbonyl (C=O) groups is 1. The average molecular weight is 276 g/mol. The predicted molar refractivity (Wildman–Crippen MR) is 68.7 cm³/mol. The van der Waals surface area contributed by atoms with E-state index in [1.165, 1.54) is 12.5 Å². The van der Waals surface area contributed by atoms with E-state index < -0.39 is 0 Å². The molecule has 1 unspecified atom stereocenters. The normalized spacial score (nSPS) is 19.5.